The van der Waals surface area contributed by atoms with Crippen molar-refractivity contribution in [3.63, 3.8) is 0 Å². The molecule has 1 amide bonds. The molecule has 0 bridgehead atoms. The first-order valence-corrected chi connectivity index (χ1v) is 7.88. The molecule has 3 rings (SSSR count). The monoisotopic (exact) mass is 286 g/mol. The minimum absolute atomic E-state index is 0.347. The molecule has 0 saturated carbocycles. The summed E-state index contributed by atoms with van der Waals surface area (Å²) in [6, 6.07) is 9.29. The Balaban J connectivity index is 1.60. The second-order valence-corrected chi connectivity index (χ2v) is 5.99. The van der Waals surface area contributed by atoms with E-state index in [1.54, 1.807) is 29.2 Å². The van der Waals surface area contributed by atoms with Gasteiger partial charge in [0, 0.05) is 24.7 Å². The average Bonchev–Trinajstić information content (AvgIpc) is 3.05. The Labute approximate surface area is 125 Å². The van der Waals surface area contributed by atoms with Crippen molar-refractivity contribution in [3.8, 4) is 0 Å². The molecule has 0 radical (unpaired) electrons. The maximum absolute atomic E-state index is 12.3. The molecule has 2 heterocycles. The maximum Gasteiger partial charge on any atom is 0.295 e. The molecule has 0 N–H and O–H groups in total. The topological polar surface area (TPSA) is 40.6 Å². The van der Waals surface area contributed by atoms with E-state index in [2.05, 4.69) is 4.90 Å². The number of piperidine rings is 1. The van der Waals surface area contributed by atoms with Gasteiger partial charge in [0.25, 0.3) is 5.91 Å². The number of carbonyl (C=O) groups is 2. The molecule has 2 saturated heterocycles. The number of Topliss-reactive ketones (excluding diaryl/α,β-unsaturated/α-hetero) is 1. The highest BCUT2D eigenvalue weighted by Crippen LogP contribution is 2.20. The molecular weight excluding hydrogens is 264 g/mol. The molecule has 2 aliphatic rings. The van der Waals surface area contributed by atoms with Gasteiger partial charge in [-0.25, -0.2) is 0 Å². The first-order valence-electron chi connectivity index (χ1n) is 7.88. The van der Waals surface area contributed by atoms with Gasteiger partial charge >= 0.3 is 0 Å². The molecule has 4 heteroatoms. The average molecular weight is 286 g/mol. The lowest BCUT2D eigenvalue weighted by atomic mass is 10.1. The third-order valence-corrected chi connectivity index (χ3v) is 4.59. The molecule has 2 aliphatic heterocycles. The lowest BCUT2D eigenvalue weighted by Gasteiger charge is -2.32. The summed E-state index contributed by atoms with van der Waals surface area (Å²) in [7, 11) is 0. The Morgan fingerprint density at radius 2 is 1.67 bits per heavy atom. The largest absolute Gasteiger partial charge is 0.334 e. The van der Waals surface area contributed by atoms with E-state index in [0.29, 0.717) is 24.7 Å². The number of nitrogens with zero attached hydrogens (tertiary/aromatic N) is 2. The lowest BCUT2D eigenvalue weighted by Crippen LogP contribution is -2.42. The smallest absolute Gasteiger partial charge is 0.295 e. The van der Waals surface area contributed by atoms with Gasteiger partial charge in [0.05, 0.1) is 0 Å². The molecule has 112 valence electrons. The van der Waals surface area contributed by atoms with Crippen LogP contribution in [0.4, 0.5) is 0 Å². The van der Waals surface area contributed by atoms with E-state index in [1.165, 1.54) is 19.3 Å². The molecule has 0 aliphatic carbocycles. The molecular formula is C17H22N2O2. The van der Waals surface area contributed by atoms with E-state index in [9.17, 15) is 9.59 Å². The van der Waals surface area contributed by atoms with E-state index in [4.69, 9.17) is 0 Å². The van der Waals surface area contributed by atoms with Crippen LogP contribution >= 0.6 is 0 Å². The summed E-state index contributed by atoms with van der Waals surface area (Å²) in [5.74, 6) is -0.726. The van der Waals surface area contributed by atoms with Crippen LogP contribution < -0.4 is 0 Å². The highest BCUT2D eigenvalue weighted by molar-refractivity contribution is 6.42. The van der Waals surface area contributed by atoms with Gasteiger partial charge < -0.3 is 4.90 Å². The van der Waals surface area contributed by atoms with Crippen LogP contribution in [-0.2, 0) is 4.79 Å². The highest BCUT2D eigenvalue weighted by Gasteiger charge is 2.33. The van der Waals surface area contributed by atoms with Crippen LogP contribution in [0.5, 0.6) is 0 Å². The van der Waals surface area contributed by atoms with Crippen molar-refractivity contribution >= 4 is 11.7 Å². The second-order valence-electron chi connectivity index (χ2n) is 5.99. The van der Waals surface area contributed by atoms with Gasteiger partial charge in [0.15, 0.2) is 0 Å². The van der Waals surface area contributed by atoms with Crippen LogP contribution in [0.25, 0.3) is 0 Å². The minimum atomic E-state index is -0.380. The van der Waals surface area contributed by atoms with Gasteiger partial charge in [-0.3, -0.25) is 14.5 Å². The quantitative estimate of drug-likeness (QED) is 0.630. The summed E-state index contributed by atoms with van der Waals surface area (Å²) < 4.78 is 0. The molecule has 1 aromatic carbocycles. The van der Waals surface area contributed by atoms with E-state index < -0.39 is 0 Å². The first kappa shape index (κ1) is 14.3. The van der Waals surface area contributed by atoms with E-state index in [-0.39, 0.29) is 11.7 Å². The number of rotatable bonds is 3. The zero-order valence-corrected chi connectivity index (χ0v) is 12.3. The Morgan fingerprint density at radius 1 is 0.952 bits per heavy atom. The normalized spacial score (nSPS) is 23.2. The van der Waals surface area contributed by atoms with Crippen LogP contribution in [0, 0.1) is 0 Å². The predicted octanol–water partition coefficient (Wildman–Crippen LogP) is 1.96. The number of ketones is 1. The number of hydrogen-bond acceptors (Lipinski definition) is 3. The van der Waals surface area contributed by atoms with Crippen LogP contribution in [0.3, 0.4) is 0 Å². The molecule has 21 heavy (non-hydrogen) atoms. The summed E-state index contributed by atoms with van der Waals surface area (Å²) in [5, 5.41) is 0. The van der Waals surface area contributed by atoms with Crippen LogP contribution in [0.15, 0.2) is 30.3 Å². The van der Waals surface area contributed by atoms with Crippen molar-refractivity contribution in [2.24, 2.45) is 0 Å². The van der Waals surface area contributed by atoms with Crippen molar-refractivity contribution in [1.29, 1.82) is 0 Å². The van der Waals surface area contributed by atoms with Crippen LogP contribution in [0.2, 0.25) is 0 Å². The number of likely N-dealkylation sites (tertiary alicyclic amines) is 2. The van der Waals surface area contributed by atoms with Gasteiger partial charge in [0.1, 0.15) is 0 Å². The third-order valence-electron chi connectivity index (χ3n) is 4.59. The Hall–Kier alpha value is -1.68. The van der Waals surface area contributed by atoms with Gasteiger partial charge in [-0.2, -0.15) is 0 Å². The van der Waals surface area contributed by atoms with Crippen molar-refractivity contribution in [3.05, 3.63) is 35.9 Å². The zero-order valence-electron chi connectivity index (χ0n) is 12.3. The SMILES string of the molecule is O=C(C(=O)N1CCC(N2CCCCC2)C1)c1ccccc1. The Morgan fingerprint density at radius 3 is 2.38 bits per heavy atom. The van der Waals surface area contributed by atoms with Crippen molar-refractivity contribution < 1.29 is 9.59 Å². The second kappa shape index (κ2) is 6.39. The maximum atomic E-state index is 12.3. The van der Waals surface area contributed by atoms with Gasteiger partial charge in [-0.05, 0) is 32.4 Å². The molecule has 0 spiro atoms. The van der Waals surface area contributed by atoms with Crippen LogP contribution in [-0.4, -0.2) is 53.7 Å². The summed E-state index contributed by atoms with van der Waals surface area (Å²) in [6.07, 6.45) is 4.83. The predicted molar refractivity (Wildman–Crippen MR) is 81.2 cm³/mol. The van der Waals surface area contributed by atoms with Gasteiger partial charge in [-0.1, -0.05) is 36.8 Å². The summed E-state index contributed by atoms with van der Waals surface area (Å²) in [4.78, 5) is 28.8. The number of carbonyl (C=O) groups excluding carboxylic acids is 2. The molecule has 2 fully saturated rings. The summed E-state index contributed by atoms with van der Waals surface area (Å²) in [6.45, 7) is 3.69. The molecule has 1 unspecified atom stereocenters. The number of benzene rings is 1. The van der Waals surface area contributed by atoms with E-state index >= 15 is 0 Å². The van der Waals surface area contributed by atoms with Crippen molar-refractivity contribution in [2.45, 2.75) is 31.7 Å². The number of amides is 1. The number of hydrogen-bond donors (Lipinski definition) is 0. The fraction of sp³-hybridized carbons (Fsp3) is 0.529. The zero-order chi connectivity index (χ0) is 14.7. The standard InChI is InChI=1S/C17H22N2O2/c20-16(14-7-3-1-4-8-14)17(21)19-12-9-15(13-19)18-10-5-2-6-11-18/h1,3-4,7-8,15H,2,5-6,9-13H2. The molecule has 1 aromatic rings. The molecule has 4 nitrogen and oxygen atoms in total. The Kier molecular flexibility index (Phi) is 4.34. The van der Waals surface area contributed by atoms with Crippen LogP contribution in [0.1, 0.15) is 36.0 Å². The fourth-order valence-corrected chi connectivity index (χ4v) is 3.36. The highest BCUT2D eigenvalue weighted by atomic mass is 16.2. The van der Waals surface area contributed by atoms with Crippen molar-refractivity contribution in [2.75, 3.05) is 26.2 Å². The van der Waals surface area contributed by atoms with Gasteiger partial charge in [0.2, 0.25) is 5.78 Å². The van der Waals surface area contributed by atoms with Crippen molar-refractivity contribution in [1.82, 2.24) is 9.80 Å². The summed E-state index contributed by atoms with van der Waals surface area (Å²) in [5.41, 5.74) is 0.490. The Bertz CT molecular complexity index is 509. The van der Waals surface area contributed by atoms with E-state index in [1.807, 2.05) is 6.07 Å². The van der Waals surface area contributed by atoms with Gasteiger partial charge in [-0.15, -0.1) is 0 Å². The molecule has 0 aromatic heterocycles. The molecule has 1 atom stereocenters. The third kappa shape index (κ3) is 3.16. The first-order chi connectivity index (χ1) is 10.3. The minimum Gasteiger partial charge on any atom is -0.334 e. The summed E-state index contributed by atoms with van der Waals surface area (Å²) >= 11 is 0. The van der Waals surface area contributed by atoms with E-state index in [0.717, 1.165) is 19.5 Å². The lowest BCUT2D eigenvalue weighted by molar-refractivity contribution is -0.125. The fourth-order valence-electron chi connectivity index (χ4n) is 3.36.